The Morgan fingerprint density at radius 2 is 1.92 bits per heavy atom. The van der Waals surface area contributed by atoms with Crippen LogP contribution < -0.4 is 11.1 Å². The summed E-state index contributed by atoms with van der Waals surface area (Å²) in [5.41, 5.74) is 4.20. The van der Waals surface area contributed by atoms with Crippen molar-refractivity contribution in [2.45, 2.75) is 38.6 Å². The van der Waals surface area contributed by atoms with E-state index in [0.29, 0.717) is 0 Å². The number of hydrogen-bond acceptors (Lipinski definition) is 2. The molecule has 0 aromatic rings. The summed E-state index contributed by atoms with van der Waals surface area (Å²) in [5.74, 6) is -0.450. The maximum absolute atomic E-state index is 11.4. The van der Waals surface area contributed by atoms with E-state index >= 15 is 0 Å². The van der Waals surface area contributed by atoms with E-state index in [9.17, 15) is 9.59 Å². The number of primary amides is 1. The molecule has 3 N–H and O–H groups in total. The second-order valence-electron chi connectivity index (χ2n) is 4.11. The Morgan fingerprint density at radius 1 is 1.38 bits per heavy atom. The third kappa shape index (κ3) is 2.20. The lowest BCUT2D eigenvalue weighted by Gasteiger charge is -2.29. The van der Waals surface area contributed by atoms with Gasteiger partial charge in [0.15, 0.2) is 0 Å². The van der Waals surface area contributed by atoms with Gasteiger partial charge in [-0.3, -0.25) is 9.59 Å². The van der Waals surface area contributed by atoms with Crippen molar-refractivity contribution >= 4 is 11.8 Å². The normalized spacial score (nSPS) is 17.7. The van der Waals surface area contributed by atoms with Crippen molar-refractivity contribution in [1.82, 2.24) is 5.32 Å². The maximum atomic E-state index is 11.4. The number of rotatable bonds is 3. The molecule has 74 valence electrons. The SMILES string of the molecule is CC(C)(NC(=O)C1CCC1)C(N)=O. The van der Waals surface area contributed by atoms with E-state index in [2.05, 4.69) is 5.32 Å². The molecule has 1 fully saturated rings. The van der Waals surface area contributed by atoms with Gasteiger partial charge in [-0.15, -0.1) is 0 Å². The van der Waals surface area contributed by atoms with Crippen LogP contribution in [0.25, 0.3) is 0 Å². The lowest BCUT2D eigenvalue weighted by atomic mass is 9.84. The number of carbonyl (C=O) groups excluding carboxylic acids is 2. The summed E-state index contributed by atoms with van der Waals surface area (Å²) in [6.07, 6.45) is 2.97. The molecule has 0 radical (unpaired) electrons. The van der Waals surface area contributed by atoms with E-state index in [1.165, 1.54) is 0 Å². The van der Waals surface area contributed by atoms with Gasteiger partial charge in [-0.1, -0.05) is 6.42 Å². The van der Waals surface area contributed by atoms with Crippen molar-refractivity contribution in [2.75, 3.05) is 0 Å². The lowest BCUT2D eigenvalue weighted by Crippen LogP contribution is -2.55. The molecule has 0 atom stereocenters. The fraction of sp³-hybridized carbons (Fsp3) is 0.778. The molecule has 4 nitrogen and oxygen atoms in total. The minimum absolute atomic E-state index is 0.0462. The first-order valence-corrected chi connectivity index (χ1v) is 4.55. The van der Waals surface area contributed by atoms with E-state index in [-0.39, 0.29) is 11.8 Å². The van der Waals surface area contributed by atoms with Gasteiger partial charge in [0.1, 0.15) is 5.54 Å². The molecule has 1 aliphatic carbocycles. The van der Waals surface area contributed by atoms with Crippen molar-refractivity contribution in [1.29, 1.82) is 0 Å². The first-order chi connectivity index (χ1) is 5.93. The summed E-state index contributed by atoms with van der Waals surface area (Å²) in [6.45, 7) is 3.23. The standard InChI is InChI=1S/C9H16N2O2/c1-9(2,8(10)13)11-7(12)6-4-3-5-6/h6H,3-5H2,1-2H3,(H2,10,13)(H,11,12). The first-order valence-electron chi connectivity index (χ1n) is 4.55. The largest absolute Gasteiger partial charge is 0.368 e. The molecular formula is C9H16N2O2. The number of nitrogens with two attached hydrogens (primary N) is 1. The topological polar surface area (TPSA) is 72.2 Å². The van der Waals surface area contributed by atoms with E-state index in [4.69, 9.17) is 5.73 Å². The molecule has 13 heavy (non-hydrogen) atoms. The van der Waals surface area contributed by atoms with Crippen molar-refractivity contribution in [2.24, 2.45) is 11.7 Å². The van der Waals surface area contributed by atoms with Crippen LogP contribution in [0.3, 0.4) is 0 Å². The molecule has 2 amide bonds. The summed E-state index contributed by atoms with van der Waals surface area (Å²) >= 11 is 0. The monoisotopic (exact) mass is 184 g/mol. The third-order valence-electron chi connectivity index (χ3n) is 2.53. The molecule has 1 aliphatic rings. The van der Waals surface area contributed by atoms with Gasteiger partial charge in [-0.2, -0.15) is 0 Å². The number of hydrogen-bond donors (Lipinski definition) is 2. The zero-order chi connectivity index (χ0) is 10.1. The van der Waals surface area contributed by atoms with Crippen molar-refractivity contribution in [3.8, 4) is 0 Å². The predicted octanol–water partition coefficient (Wildman–Crippen LogP) is 0.167. The second-order valence-corrected chi connectivity index (χ2v) is 4.11. The minimum Gasteiger partial charge on any atom is -0.368 e. The Labute approximate surface area is 77.9 Å². The Kier molecular flexibility index (Phi) is 2.59. The number of carbonyl (C=O) groups is 2. The summed E-state index contributed by atoms with van der Waals surface area (Å²) in [5, 5.41) is 2.64. The highest BCUT2D eigenvalue weighted by atomic mass is 16.2. The van der Waals surface area contributed by atoms with Crippen molar-refractivity contribution in [3.63, 3.8) is 0 Å². The highest BCUT2D eigenvalue weighted by Gasteiger charge is 2.32. The quantitative estimate of drug-likeness (QED) is 0.656. The van der Waals surface area contributed by atoms with E-state index in [0.717, 1.165) is 19.3 Å². The average Bonchev–Trinajstić information content (AvgIpc) is 1.80. The highest BCUT2D eigenvalue weighted by molar-refractivity contribution is 5.90. The van der Waals surface area contributed by atoms with Gasteiger partial charge in [0.2, 0.25) is 11.8 Å². The van der Waals surface area contributed by atoms with Crippen LogP contribution in [-0.4, -0.2) is 17.4 Å². The van der Waals surface area contributed by atoms with Gasteiger partial charge in [0, 0.05) is 5.92 Å². The predicted molar refractivity (Wildman–Crippen MR) is 48.8 cm³/mol. The van der Waals surface area contributed by atoms with Crippen LogP contribution in [0.4, 0.5) is 0 Å². The van der Waals surface area contributed by atoms with E-state index in [1.807, 2.05) is 0 Å². The average molecular weight is 184 g/mol. The van der Waals surface area contributed by atoms with Crippen LogP contribution >= 0.6 is 0 Å². The van der Waals surface area contributed by atoms with Gasteiger partial charge >= 0.3 is 0 Å². The zero-order valence-corrected chi connectivity index (χ0v) is 8.09. The molecule has 0 heterocycles. The Hall–Kier alpha value is -1.06. The minimum atomic E-state index is -0.924. The van der Waals surface area contributed by atoms with E-state index < -0.39 is 11.4 Å². The molecule has 0 aromatic carbocycles. The van der Waals surface area contributed by atoms with Crippen LogP contribution in [0.5, 0.6) is 0 Å². The van der Waals surface area contributed by atoms with Crippen LogP contribution in [0, 0.1) is 5.92 Å². The Morgan fingerprint density at radius 3 is 2.23 bits per heavy atom. The molecule has 0 aliphatic heterocycles. The Balaban J connectivity index is 2.46. The fourth-order valence-electron chi connectivity index (χ4n) is 1.14. The molecule has 0 saturated heterocycles. The zero-order valence-electron chi connectivity index (χ0n) is 8.09. The first kappa shape index (κ1) is 10.0. The lowest BCUT2D eigenvalue weighted by molar-refractivity contribution is -0.134. The third-order valence-corrected chi connectivity index (χ3v) is 2.53. The summed E-state index contributed by atoms with van der Waals surface area (Å²) < 4.78 is 0. The smallest absolute Gasteiger partial charge is 0.242 e. The van der Waals surface area contributed by atoms with Crippen molar-refractivity contribution < 1.29 is 9.59 Å². The van der Waals surface area contributed by atoms with Gasteiger partial charge in [-0.05, 0) is 26.7 Å². The van der Waals surface area contributed by atoms with Gasteiger partial charge < -0.3 is 11.1 Å². The highest BCUT2D eigenvalue weighted by Crippen LogP contribution is 2.26. The molecule has 1 saturated carbocycles. The van der Waals surface area contributed by atoms with Gasteiger partial charge in [0.25, 0.3) is 0 Å². The Bertz CT molecular complexity index is 232. The summed E-state index contributed by atoms with van der Waals surface area (Å²) in [4.78, 5) is 22.3. The fourth-order valence-corrected chi connectivity index (χ4v) is 1.14. The molecule has 0 unspecified atom stereocenters. The van der Waals surface area contributed by atoms with Crippen LogP contribution in [0.1, 0.15) is 33.1 Å². The second kappa shape index (κ2) is 3.36. The van der Waals surface area contributed by atoms with Crippen LogP contribution in [0.2, 0.25) is 0 Å². The van der Waals surface area contributed by atoms with Gasteiger partial charge in [-0.25, -0.2) is 0 Å². The molecular weight excluding hydrogens is 168 g/mol. The molecule has 0 spiro atoms. The van der Waals surface area contributed by atoms with Crippen molar-refractivity contribution in [3.05, 3.63) is 0 Å². The molecule has 0 bridgehead atoms. The maximum Gasteiger partial charge on any atom is 0.242 e. The summed E-state index contributed by atoms with van der Waals surface area (Å²) in [6, 6.07) is 0. The molecule has 1 rings (SSSR count). The molecule has 0 aromatic heterocycles. The van der Waals surface area contributed by atoms with Gasteiger partial charge in [0.05, 0.1) is 0 Å². The molecule has 4 heteroatoms. The summed E-state index contributed by atoms with van der Waals surface area (Å²) in [7, 11) is 0. The van der Waals surface area contributed by atoms with Crippen LogP contribution in [0.15, 0.2) is 0 Å². The number of nitrogens with one attached hydrogen (secondary N) is 1. The van der Waals surface area contributed by atoms with E-state index in [1.54, 1.807) is 13.8 Å². The van der Waals surface area contributed by atoms with Crippen LogP contribution in [-0.2, 0) is 9.59 Å². The number of amides is 2.